The number of halogens is 2. The van der Waals surface area contributed by atoms with Gasteiger partial charge < -0.3 is 4.57 Å². The predicted octanol–water partition coefficient (Wildman–Crippen LogP) is 12.2. The lowest BCUT2D eigenvalue weighted by Crippen LogP contribution is -2.35. The molecule has 11 rings (SSSR count). The van der Waals surface area contributed by atoms with E-state index in [0.717, 1.165) is 47.3 Å². The lowest BCUT2D eigenvalue weighted by Gasteiger charge is -2.43. The van der Waals surface area contributed by atoms with Gasteiger partial charge in [0.2, 0.25) is 0 Å². The van der Waals surface area contributed by atoms with Gasteiger partial charge in [-0.05, 0) is 199 Å². The summed E-state index contributed by atoms with van der Waals surface area (Å²) >= 11 is 8.81. The van der Waals surface area contributed by atoms with Crippen LogP contribution in [-0.4, -0.2) is 4.57 Å². The van der Waals surface area contributed by atoms with Gasteiger partial charge in [0.1, 0.15) is 0 Å². The fourth-order valence-electron chi connectivity index (χ4n) is 12.8. The third kappa shape index (κ3) is 3.10. The van der Waals surface area contributed by atoms with Gasteiger partial charge in [-0.25, -0.2) is 0 Å². The Balaban J connectivity index is 1.24. The van der Waals surface area contributed by atoms with Gasteiger partial charge in [-0.1, -0.05) is 39.8 Å². The van der Waals surface area contributed by atoms with Crippen molar-refractivity contribution in [3.8, 4) is 5.69 Å². The molecule has 0 radical (unpaired) electrons. The number of aromatic nitrogens is 1. The predicted molar refractivity (Wildman–Crippen MR) is 188 cm³/mol. The summed E-state index contributed by atoms with van der Waals surface area (Å²) in [4.78, 5) is 0. The average molecular weight is 710 g/mol. The Labute approximate surface area is 278 Å². The molecular formula is C41H43Br2N. The third-order valence-electron chi connectivity index (χ3n) is 14.9. The maximum atomic E-state index is 4.41. The second kappa shape index (κ2) is 8.28. The van der Waals surface area contributed by atoms with Crippen LogP contribution in [0.3, 0.4) is 0 Å². The fourth-order valence-corrected chi connectivity index (χ4v) is 14.7. The zero-order valence-electron chi connectivity index (χ0n) is 26.5. The molecule has 10 atom stereocenters. The first-order valence-corrected chi connectivity index (χ1v) is 19.3. The first kappa shape index (κ1) is 26.5. The van der Waals surface area contributed by atoms with E-state index in [1.165, 1.54) is 93.4 Å². The quantitative estimate of drug-likeness (QED) is 0.185. The minimum atomic E-state index is 0.142. The number of hydrogen-bond acceptors (Lipinski definition) is 0. The van der Waals surface area contributed by atoms with Crippen molar-refractivity contribution in [1.29, 1.82) is 0 Å². The Bertz CT molecular complexity index is 1960. The number of rotatable bonds is 1. The summed E-state index contributed by atoms with van der Waals surface area (Å²) in [5.41, 5.74) is 13.0. The van der Waals surface area contributed by atoms with E-state index in [4.69, 9.17) is 0 Å². The Morgan fingerprint density at radius 2 is 1.36 bits per heavy atom. The summed E-state index contributed by atoms with van der Waals surface area (Å²) < 4.78 is 5.45. The minimum absolute atomic E-state index is 0.142. The van der Waals surface area contributed by atoms with Gasteiger partial charge in [0, 0.05) is 25.4 Å². The van der Waals surface area contributed by atoms with Crippen molar-refractivity contribution in [1.82, 2.24) is 4.57 Å². The van der Waals surface area contributed by atoms with Crippen LogP contribution >= 0.6 is 31.9 Å². The summed E-state index contributed by atoms with van der Waals surface area (Å²) in [5, 5.41) is 2.96. The molecule has 1 nitrogen and oxygen atoms in total. The van der Waals surface area contributed by atoms with Gasteiger partial charge >= 0.3 is 0 Å². The van der Waals surface area contributed by atoms with Crippen molar-refractivity contribution in [2.45, 2.75) is 108 Å². The molecule has 44 heavy (non-hydrogen) atoms. The number of hydrogen-bond donors (Lipinski definition) is 0. The molecule has 3 heteroatoms. The molecule has 7 aliphatic carbocycles. The van der Waals surface area contributed by atoms with E-state index < -0.39 is 0 Å². The fraction of sp³-hybridized carbons (Fsp3) is 0.561. The third-order valence-corrected chi connectivity index (χ3v) is 16.5. The summed E-state index contributed by atoms with van der Waals surface area (Å²) in [6.45, 7) is 9.51. The standard InChI is InChI=1S/C41H43Br2N/c1-19-9-20-10-21-11-22(13-27(20)21)28-15-30-31-16-29-23-12-24-17-41(32(24)14-23)18-33(41)35(29)37(43)39(31)44(38(30)36(42)34(19)28)26-7-5-25(6-8-26)40(2,3)4/h5-8,15-16,19-24,27,32-33H,9-14,17-18H2,1-4H3. The molecule has 7 aliphatic rings. The Morgan fingerprint density at radius 1 is 0.727 bits per heavy atom. The molecule has 5 fully saturated rings. The highest BCUT2D eigenvalue weighted by atomic mass is 79.9. The van der Waals surface area contributed by atoms with Crippen molar-refractivity contribution in [3.05, 3.63) is 73.2 Å². The van der Waals surface area contributed by atoms with Crippen molar-refractivity contribution >= 4 is 53.7 Å². The largest absolute Gasteiger partial charge is 0.307 e. The number of fused-ring (bicyclic) bond motifs is 10. The van der Waals surface area contributed by atoms with E-state index >= 15 is 0 Å². The maximum Gasteiger partial charge on any atom is 0.0686 e. The molecule has 0 aliphatic heterocycles. The van der Waals surface area contributed by atoms with Crippen molar-refractivity contribution < 1.29 is 0 Å². The summed E-state index contributed by atoms with van der Waals surface area (Å²) in [7, 11) is 0. The Kier molecular flexibility index (Phi) is 4.98. The van der Waals surface area contributed by atoms with E-state index in [1.807, 2.05) is 0 Å². The van der Waals surface area contributed by atoms with Crippen LogP contribution in [0.4, 0.5) is 0 Å². The average Bonchev–Trinajstić information content (AvgIpc) is 3.27. The highest BCUT2D eigenvalue weighted by Crippen LogP contribution is 2.82. The zero-order chi connectivity index (χ0) is 29.6. The number of benzene rings is 3. The molecule has 0 saturated heterocycles. The van der Waals surface area contributed by atoms with Gasteiger partial charge in [0.15, 0.2) is 0 Å². The van der Waals surface area contributed by atoms with Gasteiger partial charge in [0.25, 0.3) is 0 Å². The smallest absolute Gasteiger partial charge is 0.0686 e. The molecular weight excluding hydrogens is 666 g/mol. The Hall–Kier alpha value is -1.58. The van der Waals surface area contributed by atoms with Gasteiger partial charge in [-0.15, -0.1) is 0 Å². The maximum absolute atomic E-state index is 4.41. The topological polar surface area (TPSA) is 4.93 Å². The van der Waals surface area contributed by atoms with E-state index in [9.17, 15) is 0 Å². The molecule has 226 valence electrons. The van der Waals surface area contributed by atoms with Crippen molar-refractivity contribution in [3.63, 3.8) is 0 Å². The molecule has 1 heterocycles. The molecule has 1 spiro atoms. The molecule has 5 saturated carbocycles. The molecule has 4 bridgehead atoms. The van der Waals surface area contributed by atoms with Crippen LogP contribution in [0.1, 0.15) is 131 Å². The number of nitrogens with zero attached hydrogens (tertiary/aromatic N) is 1. The monoisotopic (exact) mass is 707 g/mol. The SMILES string of the molecule is CC1CC2CC3CC(CC23)c2cc3c4cc5c(c(Br)c4n(-c4ccc(C(C)(C)C)cc4)c3c(Br)c21)C1CC12CC1CC5CC12. The molecule has 3 aromatic carbocycles. The van der Waals surface area contributed by atoms with E-state index in [2.05, 4.69) is 101 Å². The van der Waals surface area contributed by atoms with E-state index in [1.54, 1.807) is 22.3 Å². The van der Waals surface area contributed by atoms with Crippen LogP contribution in [0.5, 0.6) is 0 Å². The molecule has 0 N–H and O–H groups in total. The van der Waals surface area contributed by atoms with Crippen LogP contribution < -0.4 is 0 Å². The highest BCUT2D eigenvalue weighted by Gasteiger charge is 2.72. The summed E-state index contributed by atoms with van der Waals surface area (Å²) in [6.07, 6.45) is 11.5. The molecule has 4 aromatic rings. The van der Waals surface area contributed by atoms with Crippen LogP contribution in [-0.2, 0) is 5.41 Å². The lowest BCUT2D eigenvalue weighted by molar-refractivity contribution is 0.0724. The highest BCUT2D eigenvalue weighted by molar-refractivity contribution is 9.11. The van der Waals surface area contributed by atoms with Gasteiger partial charge in [-0.2, -0.15) is 0 Å². The Morgan fingerprint density at radius 3 is 2.09 bits per heavy atom. The van der Waals surface area contributed by atoms with Gasteiger partial charge in [0.05, 0.1) is 11.0 Å². The second-order valence-electron chi connectivity index (χ2n) is 17.8. The lowest BCUT2D eigenvalue weighted by atomic mass is 9.62. The van der Waals surface area contributed by atoms with Crippen LogP contribution in [0, 0.1) is 35.0 Å². The van der Waals surface area contributed by atoms with Crippen LogP contribution in [0.25, 0.3) is 27.5 Å². The van der Waals surface area contributed by atoms with E-state index in [0.29, 0.717) is 11.3 Å². The van der Waals surface area contributed by atoms with E-state index in [-0.39, 0.29) is 5.41 Å². The van der Waals surface area contributed by atoms with Crippen LogP contribution in [0.15, 0.2) is 45.3 Å². The second-order valence-corrected chi connectivity index (χ2v) is 19.4. The first-order valence-electron chi connectivity index (χ1n) is 17.8. The first-order chi connectivity index (χ1) is 21.1. The normalized spacial score (nSPS) is 38.7. The van der Waals surface area contributed by atoms with Crippen LogP contribution in [0.2, 0.25) is 0 Å². The molecule has 1 aromatic heterocycles. The summed E-state index contributed by atoms with van der Waals surface area (Å²) in [5.74, 6) is 7.78. The zero-order valence-corrected chi connectivity index (χ0v) is 29.7. The minimum Gasteiger partial charge on any atom is -0.307 e. The van der Waals surface area contributed by atoms with Gasteiger partial charge in [-0.3, -0.25) is 0 Å². The molecule has 10 unspecified atom stereocenters. The van der Waals surface area contributed by atoms with Crippen molar-refractivity contribution in [2.24, 2.45) is 35.0 Å². The summed E-state index contributed by atoms with van der Waals surface area (Å²) in [6, 6.07) is 15.0. The van der Waals surface area contributed by atoms with Crippen molar-refractivity contribution in [2.75, 3.05) is 0 Å². The molecule has 0 amide bonds.